The maximum atomic E-state index is 13.6. The predicted molar refractivity (Wildman–Crippen MR) is 69.9 cm³/mol. The maximum absolute atomic E-state index is 13.6. The van der Waals surface area contributed by atoms with Crippen LogP contribution in [0.25, 0.3) is 0 Å². The lowest BCUT2D eigenvalue weighted by atomic mass is 9.92. The van der Waals surface area contributed by atoms with Crippen molar-refractivity contribution in [1.82, 2.24) is 5.32 Å². The van der Waals surface area contributed by atoms with E-state index in [9.17, 15) is 4.39 Å². The van der Waals surface area contributed by atoms with Crippen molar-refractivity contribution >= 4 is 15.9 Å². The van der Waals surface area contributed by atoms with Crippen molar-refractivity contribution < 1.29 is 9.13 Å². The molecule has 17 heavy (non-hydrogen) atoms. The van der Waals surface area contributed by atoms with Crippen LogP contribution in [0, 0.1) is 11.7 Å². The molecule has 2 nitrogen and oxygen atoms in total. The predicted octanol–water partition coefficient (Wildman–Crippen LogP) is 3.14. The Morgan fingerprint density at radius 3 is 3.00 bits per heavy atom. The van der Waals surface area contributed by atoms with Crippen LogP contribution in [-0.2, 0) is 6.42 Å². The summed E-state index contributed by atoms with van der Waals surface area (Å²) < 4.78 is 19.7. The quantitative estimate of drug-likeness (QED) is 0.926. The minimum Gasteiger partial charge on any atom is -0.493 e. The van der Waals surface area contributed by atoms with Gasteiger partial charge < -0.3 is 10.1 Å². The van der Waals surface area contributed by atoms with Gasteiger partial charge in [-0.1, -0.05) is 15.9 Å². The number of benzene rings is 1. The van der Waals surface area contributed by atoms with Crippen molar-refractivity contribution in [2.24, 2.45) is 5.92 Å². The molecule has 1 aliphatic heterocycles. The molecule has 0 bridgehead atoms. The van der Waals surface area contributed by atoms with E-state index in [0.717, 1.165) is 29.5 Å². The largest absolute Gasteiger partial charge is 0.493 e. The van der Waals surface area contributed by atoms with Crippen LogP contribution in [0.2, 0.25) is 0 Å². The van der Waals surface area contributed by atoms with Crippen LogP contribution in [0.15, 0.2) is 16.6 Å². The number of hydrogen-bond donors (Lipinski definition) is 1. The highest BCUT2D eigenvalue weighted by Gasteiger charge is 2.19. The van der Waals surface area contributed by atoms with Crippen LogP contribution in [0.5, 0.6) is 5.75 Å². The molecular weight excluding hydrogens is 285 g/mol. The Morgan fingerprint density at radius 1 is 1.53 bits per heavy atom. The van der Waals surface area contributed by atoms with E-state index in [1.807, 2.05) is 0 Å². The van der Waals surface area contributed by atoms with E-state index in [2.05, 4.69) is 21.2 Å². The first-order chi connectivity index (χ1) is 8.22. The normalized spacial score (nSPS) is 20.3. The first-order valence-electron chi connectivity index (χ1n) is 5.94. The van der Waals surface area contributed by atoms with Crippen molar-refractivity contribution in [3.05, 3.63) is 28.0 Å². The zero-order valence-electron chi connectivity index (χ0n) is 9.93. The number of piperidine rings is 1. The zero-order valence-corrected chi connectivity index (χ0v) is 11.5. The smallest absolute Gasteiger partial charge is 0.165 e. The average molecular weight is 302 g/mol. The highest BCUT2D eigenvalue weighted by atomic mass is 79.9. The summed E-state index contributed by atoms with van der Waals surface area (Å²) in [4.78, 5) is 0. The highest BCUT2D eigenvalue weighted by molar-refractivity contribution is 9.10. The van der Waals surface area contributed by atoms with Gasteiger partial charge in [-0.3, -0.25) is 0 Å². The number of methoxy groups -OCH3 is 1. The molecule has 0 amide bonds. The molecule has 0 aliphatic carbocycles. The van der Waals surface area contributed by atoms with Crippen LogP contribution >= 0.6 is 15.9 Å². The van der Waals surface area contributed by atoms with Gasteiger partial charge in [0, 0.05) is 10.0 Å². The molecule has 1 aromatic rings. The Kier molecular flexibility index (Phi) is 4.40. The van der Waals surface area contributed by atoms with Crippen LogP contribution in [0.1, 0.15) is 18.4 Å². The standard InChI is InChI=1S/C13H17BrFNO/c1-17-13-10(11(14)4-5-12(13)15)7-9-3-2-6-16-8-9/h4-5,9,16H,2-3,6-8H2,1H3. The molecule has 1 N–H and O–H groups in total. The molecule has 0 radical (unpaired) electrons. The monoisotopic (exact) mass is 301 g/mol. The second-order valence-electron chi connectivity index (χ2n) is 4.46. The van der Waals surface area contributed by atoms with Gasteiger partial charge in [0.05, 0.1) is 7.11 Å². The summed E-state index contributed by atoms with van der Waals surface area (Å²) in [5.41, 5.74) is 0.946. The van der Waals surface area contributed by atoms with E-state index in [-0.39, 0.29) is 5.82 Å². The van der Waals surface area contributed by atoms with Crippen molar-refractivity contribution in [1.29, 1.82) is 0 Å². The number of halogens is 2. The highest BCUT2D eigenvalue weighted by Crippen LogP contribution is 2.32. The summed E-state index contributed by atoms with van der Waals surface area (Å²) in [6, 6.07) is 3.19. The molecule has 0 aromatic heterocycles. The Bertz CT molecular complexity index is 391. The molecule has 94 valence electrons. The van der Waals surface area contributed by atoms with Gasteiger partial charge in [0.15, 0.2) is 11.6 Å². The third-order valence-corrected chi connectivity index (χ3v) is 3.99. The number of ether oxygens (including phenoxy) is 1. The van der Waals surface area contributed by atoms with E-state index in [0.29, 0.717) is 11.7 Å². The van der Waals surface area contributed by atoms with Gasteiger partial charge in [-0.05, 0) is 50.4 Å². The summed E-state index contributed by atoms with van der Waals surface area (Å²) in [6.45, 7) is 2.10. The third-order valence-electron chi connectivity index (χ3n) is 3.25. The molecule has 1 saturated heterocycles. The summed E-state index contributed by atoms with van der Waals surface area (Å²) in [5, 5.41) is 3.38. The van der Waals surface area contributed by atoms with Crippen LogP contribution < -0.4 is 10.1 Å². The fourth-order valence-corrected chi connectivity index (χ4v) is 2.85. The van der Waals surface area contributed by atoms with Crippen molar-refractivity contribution in [3.63, 3.8) is 0 Å². The Labute approximate surface area is 110 Å². The molecule has 2 rings (SSSR count). The molecule has 4 heteroatoms. The van der Waals surface area contributed by atoms with Gasteiger partial charge >= 0.3 is 0 Å². The molecule has 0 saturated carbocycles. The number of nitrogens with one attached hydrogen (secondary N) is 1. The second kappa shape index (κ2) is 5.83. The van der Waals surface area contributed by atoms with Gasteiger partial charge in [0.1, 0.15) is 0 Å². The number of hydrogen-bond acceptors (Lipinski definition) is 2. The average Bonchev–Trinajstić information content (AvgIpc) is 2.35. The zero-order chi connectivity index (χ0) is 12.3. The molecule has 1 aromatic carbocycles. The fourth-order valence-electron chi connectivity index (χ4n) is 2.37. The SMILES string of the molecule is COc1c(F)ccc(Br)c1CC1CCCNC1. The maximum Gasteiger partial charge on any atom is 0.165 e. The molecule has 1 aliphatic rings. The molecular formula is C13H17BrFNO. The van der Waals surface area contributed by atoms with Crippen LogP contribution in [0.3, 0.4) is 0 Å². The Morgan fingerprint density at radius 2 is 2.35 bits per heavy atom. The minimum atomic E-state index is -0.283. The first kappa shape index (κ1) is 12.8. The van der Waals surface area contributed by atoms with E-state index in [1.54, 1.807) is 6.07 Å². The van der Waals surface area contributed by atoms with Crippen molar-refractivity contribution in [2.75, 3.05) is 20.2 Å². The fraction of sp³-hybridized carbons (Fsp3) is 0.538. The lowest BCUT2D eigenvalue weighted by Gasteiger charge is -2.24. The summed E-state index contributed by atoms with van der Waals surface area (Å²) in [7, 11) is 1.52. The minimum absolute atomic E-state index is 0.283. The lowest BCUT2D eigenvalue weighted by Crippen LogP contribution is -2.31. The summed E-state index contributed by atoms with van der Waals surface area (Å²) in [5.74, 6) is 0.662. The second-order valence-corrected chi connectivity index (χ2v) is 5.31. The topological polar surface area (TPSA) is 21.3 Å². The summed E-state index contributed by atoms with van der Waals surface area (Å²) in [6.07, 6.45) is 3.24. The van der Waals surface area contributed by atoms with Gasteiger partial charge in [0.25, 0.3) is 0 Å². The van der Waals surface area contributed by atoms with Crippen molar-refractivity contribution in [3.8, 4) is 5.75 Å². The molecule has 1 heterocycles. The van der Waals surface area contributed by atoms with Gasteiger partial charge in [0.2, 0.25) is 0 Å². The van der Waals surface area contributed by atoms with E-state index >= 15 is 0 Å². The Hall–Kier alpha value is -0.610. The molecule has 1 unspecified atom stereocenters. The van der Waals surface area contributed by atoms with Crippen LogP contribution in [0.4, 0.5) is 4.39 Å². The van der Waals surface area contributed by atoms with E-state index < -0.39 is 0 Å². The lowest BCUT2D eigenvalue weighted by molar-refractivity contribution is 0.354. The van der Waals surface area contributed by atoms with Crippen molar-refractivity contribution in [2.45, 2.75) is 19.3 Å². The molecule has 1 fully saturated rings. The van der Waals surface area contributed by atoms with Crippen LogP contribution in [-0.4, -0.2) is 20.2 Å². The van der Waals surface area contributed by atoms with Gasteiger partial charge in [-0.2, -0.15) is 0 Å². The van der Waals surface area contributed by atoms with Gasteiger partial charge in [-0.15, -0.1) is 0 Å². The number of rotatable bonds is 3. The first-order valence-corrected chi connectivity index (χ1v) is 6.73. The van der Waals surface area contributed by atoms with E-state index in [1.165, 1.54) is 26.0 Å². The van der Waals surface area contributed by atoms with Gasteiger partial charge in [-0.25, -0.2) is 4.39 Å². The third kappa shape index (κ3) is 2.99. The van der Waals surface area contributed by atoms with E-state index in [4.69, 9.17) is 4.74 Å². The Balaban J connectivity index is 2.21. The summed E-state index contributed by atoms with van der Waals surface area (Å²) >= 11 is 3.48. The molecule has 0 spiro atoms. The molecule has 1 atom stereocenters.